The molecule has 0 saturated carbocycles. The fourth-order valence-corrected chi connectivity index (χ4v) is 9.24. The molecule has 1 aliphatic carbocycles. The van der Waals surface area contributed by atoms with Crippen LogP contribution in [-0.2, 0) is 5.41 Å². The van der Waals surface area contributed by atoms with Gasteiger partial charge in [0.1, 0.15) is 5.75 Å². The van der Waals surface area contributed by atoms with Crippen LogP contribution in [0.25, 0.3) is 66.1 Å². The summed E-state index contributed by atoms with van der Waals surface area (Å²) in [7, 11) is 0. The molecule has 0 unspecified atom stereocenters. The van der Waals surface area contributed by atoms with Gasteiger partial charge in [-0.1, -0.05) is 178 Å². The summed E-state index contributed by atoms with van der Waals surface area (Å²) in [5.74, 6) is 1.69. The number of benzene rings is 9. The van der Waals surface area contributed by atoms with Gasteiger partial charge in [-0.3, -0.25) is 0 Å². The normalized spacial score (nSPS) is 13.2. The lowest BCUT2D eigenvalue weighted by Crippen LogP contribution is -2.17. The maximum atomic E-state index is 7.47. The van der Waals surface area contributed by atoms with Crippen LogP contribution in [-0.4, -0.2) is 0 Å². The Morgan fingerprint density at radius 2 is 0.964 bits per heavy atom. The first-order valence-corrected chi connectivity index (χ1v) is 19.1. The van der Waals surface area contributed by atoms with Crippen molar-refractivity contribution in [2.24, 2.45) is 0 Å². The van der Waals surface area contributed by atoms with Crippen LogP contribution >= 0.6 is 0 Å². The fourth-order valence-electron chi connectivity index (χ4n) is 9.24. The first kappa shape index (κ1) is 31.6. The third-order valence-electron chi connectivity index (χ3n) is 11.9. The number of ether oxygens (including phenoxy) is 1. The molecule has 0 fully saturated rings. The number of rotatable bonds is 4. The van der Waals surface area contributed by atoms with Crippen LogP contribution in [0.15, 0.2) is 188 Å². The highest BCUT2D eigenvalue weighted by Crippen LogP contribution is 2.56. The van der Waals surface area contributed by atoms with E-state index >= 15 is 0 Å². The van der Waals surface area contributed by atoms with Crippen molar-refractivity contribution in [2.75, 3.05) is 4.90 Å². The van der Waals surface area contributed by atoms with E-state index in [0.717, 1.165) is 61.9 Å². The van der Waals surface area contributed by atoms with Gasteiger partial charge in [-0.15, -0.1) is 0 Å². The molecular weight excluding hydrogens is 667 g/mol. The topological polar surface area (TPSA) is 12.5 Å². The Bertz CT molecular complexity index is 2990. The quantitative estimate of drug-likeness (QED) is 0.169. The maximum absolute atomic E-state index is 7.47. The van der Waals surface area contributed by atoms with Crippen LogP contribution in [0.3, 0.4) is 0 Å². The molecule has 2 aliphatic rings. The Morgan fingerprint density at radius 3 is 1.76 bits per heavy atom. The fraction of sp³-hybridized carbons (Fsp3) is 0.0566. The maximum Gasteiger partial charge on any atom is 0.159 e. The highest BCUT2D eigenvalue weighted by molar-refractivity contribution is 6.15. The first-order chi connectivity index (χ1) is 27.1. The van der Waals surface area contributed by atoms with Gasteiger partial charge in [-0.25, -0.2) is 0 Å². The Kier molecular flexibility index (Phi) is 6.93. The van der Waals surface area contributed by atoms with Gasteiger partial charge >= 0.3 is 0 Å². The molecule has 1 aliphatic heterocycles. The highest BCUT2D eigenvalue weighted by Gasteiger charge is 2.36. The van der Waals surface area contributed by atoms with Crippen LogP contribution in [0.5, 0.6) is 11.5 Å². The van der Waals surface area contributed by atoms with Crippen LogP contribution in [0, 0.1) is 0 Å². The van der Waals surface area contributed by atoms with Gasteiger partial charge in [0.15, 0.2) is 5.75 Å². The molecule has 0 saturated heterocycles. The van der Waals surface area contributed by atoms with Crippen molar-refractivity contribution in [3.05, 3.63) is 199 Å². The average molecular weight is 704 g/mol. The minimum absolute atomic E-state index is 0.161. The minimum atomic E-state index is -0.161. The van der Waals surface area contributed by atoms with Crippen molar-refractivity contribution in [3.63, 3.8) is 0 Å². The summed E-state index contributed by atoms with van der Waals surface area (Å²) in [4.78, 5) is 2.45. The second kappa shape index (κ2) is 12.1. The molecule has 0 amide bonds. The Labute approximate surface area is 321 Å². The lowest BCUT2D eigenvalue weighted by molar-refractivity contribution is 0.490. The van der Waals surface area contributed by atoms with E-state index in [0.29, 0.717) is 0 Å². The molecule has 260 valence electrons. The second-order valence-corrected chi connectivity index (χ2v) is 15.2. The van der Waals surface area contributed by atoms with Crippen LogP contribution in [0.2, 0.25) is 0 Å². The smallest absolute Gasteiger partial charge is 0.159 e. The van der Waals surface area contributed by atoms with Crippen LogP contribution in [0.4, 0.5) is 17.1 Å². The van der Waals surface area contributed by atoms with Crippen molar-refractivity contribution in [1.82, 2.24) is 0 Å². The summed E-state index contributed by atoms with van der Waals surface area (Å²) < 4.78 is 7.47. The monoisotopic (exact) mass is 703 g/mol. The van der Waals surface area contributed by atoms with E-state index in [-0.39, 0.29) is 5.41 Å². The van der Waals surface area contributed by atoms with Crippen molar-refractivity contribution in [2.45, 2.75) is 19.3 Å². The average Bonchev–Trinajstić information content (AvgIpc) is 3.36. The summed E-state index contributed by atoms with van der Waals surface area (Å²) in [5.41, 5.74) is 15.0. The van der Waals surface area contributed by atoms with E-state index in [2.05, 4.69) is 207 Å². The van der Waals surface area contributed by atoms with Gasteiger partial charge in [0.05, 0.1) is 11.4 Å². The van der Waals surface area contributed by atoms with E-state index in [1.807, 2.05) is 0 Å². The summed E-state index contributed by atoms with van der Waals surface area (Å²) in [6.07, 6.45) is 0. The van der Waals surface area contributed by atoms with Crippen molar-refractivity contribution in [1.29, 1.82) is 0 Å². The van der Waals surface area contributed by atoms with Crippen molar-refractivity contribution >= 4 is 38.6 Å². The summed E-state index contributed by atoms with van der Waals surface area (Å²) in [5, 5.41) is 4.84. The van der Waals surface area contributed by atoms with E-state index in [1.165, 1.54) is 43.8 Å². The van der Waals surface area contributed by atoms with E-state index in [4.69, 9.17) is 4.74 Å². The van der Waals surface area contributed by atoms with Gasteiger partial charge in [-0.05, 0) is 79.4 Å². The van der Waals surface area contributed by atoms with E-state index in [1.54, 1.807) is 0 Å². The number of hydrogen-bond acceptors (Lipinski definition) is 2. The zero-order valence-electron chi connectivity index (χ0n) is 30.8. The molecule has 9 aromatic carbocycles. The molecular formula is C53H37NO. The Hall–Kier alpha value is -6.90. The zero-order valence-corrected chi connectivity index (χ0v) is 30.8. The molecule has 2 nitrogen and oxygen atoms in total. The predicted octanol–water partition coefficient (Wildman–Crippen LogP) is 14.9. The second-order valence-electron chi connectivity index (χ2n) is 15.2. The van der Waals surface area contributed by atoms with E-state index in [9.17, 15) is 0 Å². The Balaban J connectivity index is 1.23. The summed E-state index contributed by atoms with van der Waals surface area (Å²) in [6, 6.07) is 68.3. The number of anilines is 3. The number of nitrogens with zero attached hydrogens (tertiary/aromatic N) is 1. The van der Waals surface area contributed by atoms with Gasteiger partial charge in [-0.2, -0.15) is 0 Å². The summed E-state index contributed by atoms with van der Waals surface area (Å²) in [6.45, 7) is 4.71. The van der Waals surface area contributed by atoms with Gasteiger partial charge in [0.25, 0.3) is 0 Å². The third-order valence-corrected chi connectivity index (χ3v) is 11.9. The first-order valence-electron chi connectivity index (χ1n) is 19.1. The van der Waals surface area contributed by atoms with Crippen LogP contribution in [0.1, 0.15) is 25.0 Å². The largest absolute Gasteiger partial charge is 0.453 e. The standard InChI is InChI=1S/C53H37NO/c1-53(2)47-28-13-12-23-42(47)43-31-30-36(33-48(43)53)54(50-32-35-18-6-7-19-37(35)39-20-10-11-24-44(39)50)49-29-15-27-46-41-22-9-8-21-40(41)45-26-14-25-38(51(45)55-52(46)49)34-16-4-3-5-17-34/h3-33H,1-2H3. The minimum Gasteiger partial charge on any atom is -0.453 e. The highest BCUT2D eigenvalue weighted by atomic mass is 16.5. The van der Waals surface area contributed by atoms with Gasteiger partial charge in [0.2, 0.25) is 0 Å². The number of hydrogen-bond donors (Lipinski definition) is 0. The molecule has 2 heteroatoms. The molecule has 0 aromatic heterocycles. The van der Waals surface area contributed by atoms with Gasteiger partial charge in [0, 0.05) is 33.2 Å². The third kappa shape index (κ3) is 4.74. The number of para-hydroxylation sites is 2. The van der Waals surface area contributed by atoms with Gasteiger partial charge < -0.3 is 9.64 Å². The van der Waals surface area contributed by atoms with Crippen LogP contribution < -0.4 is 9.64 Å². The number of fused-ring (bicyclic) bond motifs is 11. The lowest BCUT2D eigenvalue weighted by Gasteiger charge is -2.31. The predicted molar refractivity (Wildman–Crippen MR) is 230 cm³/mol. The SMILES string of the molecule is CC1(C)c2ccccc2-c2ccc(N(c3cccc4c3Oc3c(-c5ccccc5)cccc3-c3ccccc3-4)c3cc4ccccc4c4ccccc34)cc21. The molecule has 0 radical (unpaired) electrons. The molecule has 55 heavy (non-hydrogen) atoms. The summed E-state index contributed by atoms with van der Waals surface area (Å²) >= 11 is 0. The molecule has 0 N–H and O–H groups in total. The zero-order chi connectivity index (χ0) is 36.7. The molecule has 0 bridgehead atoms. The molecule has 9 aromatic rings. The molecule has 11 rings (SSSR count). The lowest BCUT2D eigenvalue weighted by atomic mass is 9.82. The Morgan fingerprint density at radius 1 is 0.382 bits per heavy atom. The van der Waals surface area contributed by atoms with Crippen molar-refractivity contribution < 1.29 is 4.74 Å². The van der Waals surface area contributed by atoms with Crippen molar-refractivity contribution in [3.8, 4) is 56.0 Å². The molecule has 0 atom stereocenters. The molecule has 1 heterocycles. The van der Waals surface area contributed by atoms with E-state index < -0.39 is 0 Å². The molecule has 0 spiro atoms.